The van der Waals surface area contributed by atoms with E-state index < -0.39 is 22.5 Å². The summed E-state index contributed by atoms with van der Waals surface area (Å²) >= 11 is 0. The van der Waals surface area contributed by atoms with Crippen LogP contribution in [-0.2, 0) is 19.4 Å². The summed E-state index contributed by atoms with van der Waals surface area (Å²) in [7, 11) is -3.54. The minimum absolute atomic E-state index is 0.0394. The fourth-order valence-corrected chi connectivity index (χ4v) is 5.23. The van der Waals surface area contributed by atoms with Crippen LogP contribution in [0.15, 0.2) is 47.4 Å². The van der Waals surface area contributed by atoms with Crippen LogP contribution >= 0.6 is 0 Å². The molecule has 0 radical (unpaired) electrons. The summed E-state index contributed by atoms with van der Waals surface area (Å²) in [6, 6.07) is 11.8. The van der Waals surface area contributed by atoms with Crippen LogP contribution in [0.3, 0.4) is 0 Å². The molecular weight excluding hydrogens is 456 g/mol. The van der Waals surface area contributed by atoms with E-state index in [9.17, 15) is 18.0 Å². The van der Waals surface area contributed by atoms with Gasteiger partial charge in [0.2, 0.25) is 5.91 Å². The number of hydrogen-bond acceptors (Lipinski definition) is 6. The predicted octanol–water partition coefficient (Wildman–Crippen LogP) is 3.62. The van der Waals surface area contributed by atoms with Gasteiger partial charge in [-0.2, -0.15) is 0 Å². The Bertz CT molecular complexity index is 1190. The van der Waals surface area contributed by atoms with Crippen molar-refractivity contribution in [3.05, 3.63) is 42.5 Å². The lowest BCUT2D eigenvalue weighted by Gasteiger charge is -2.41. The first-order valence-electron chi connectivity index (χ1n) is 11.5. The summed E-state index contributed by atoms with van der Waals surface area (Å²) in [5, 5.41) is 9.00. The van der Waals surface area contributed by atoms with E-state index >= 15 is 0 Å². The number of carbonyl (C=O) groups excluding carboxylic acids is 2. The van der Waals surface area contributed by atoms with E-state index in [4.69, 9.17) is 9.84 Å². The number of aliphatic hydroxyl groups excluding tert-OH is 1. The summed E-state index contributed by atoms with van der Waals surface area (Å²) in [5.74, 6) is -0.212. The van der Waals surface area contributed by atoms with Crippen LogP contribution < -0.4 is 9.80 Å². The van der Waals surface area contributed by atoms with Crippen molar-refractivity contribution in [2.75, 3.05) is 28.7 Å². The second kappa shape index (κ2) is 9.38. The van der Waals surface area contributed by atoms with Crippen molar-refractivity contribution in [3.8, 4) is 11.1 Å². The van der Waals surface area contributed by atoms with E-state index in [0.29, 0.717) is 17.9 Å². The van der Waals surface area contributed by atoms with Crippen molar-refractivity contribution in [3.63, 3.8) is 0 Å². The minimum atomic E-state index is -3.54. The topological polar surface area (TPSA) is 104 Å². The molecule has 0 spiro atoms. The molecule has 1 aliphatic carbocycles. The molecule has 2 aliphatic rings. The van der Waals surface area contributed by atoms with Gasteiger partial charge in [0.1, 0.15) is 0 Å². The Morgan fingerprint density at radius 2 is 1.71 bits per heavy atom. The van der Waals surface area contributed by atoms with E-state index in [2.05, 4.69) is 0 Å². The third kappa shape index (κ3) is 4.81. The molecule has 1 heterocycles. The third-order valence-corrected chi connectivity index (χ3v) is 7.75. The quantitative estimate of drug-likeness (QED) is 0.669. The number of anilines is 2. The number of ether oxygens (including phenoxy) is 1. The molecule has 0 bridgehead atoms. The second-order valence-corrected chi connectivity index (χ2v) is 11.3. The molecule has 4 rings (SSSR count). The molecule has 8 nitrogen and oxygen atoms in total. The number of fused-ring (bicyclic) bond motifs is 1. The van der Waals surface area contributed by atoms with E-state index in [0.717, 1.165) is 24.0 Å². The SMILES string of the molecule is CC(C)OC(=O)N1C[C@H](C)N(C(=O)C2CC2)c2ccc(-c3ccc(S(=O)(=O)CCO)cc3)cc21. The first-order chi connectivity index (χ1) is 16.1. The Balaban J connectivity index is 1.73. The summed E-state index contributed by atoms with van der Waals surface area (Å²) in [4.78, 5) is 29.5. The number of hydrogen-bond donors (Lipinski definition) is 1. The molecule has 1 fully saturated rings. The molecule has 0 aromatic heterocycles. The number of sulfone groups is 1. The van der Waals surface area contributed by atoms with Crippen LogP contribution in [0.1, 0.15) is 33.6 Å². The number of aliphatic hydroxyl groups is 1. The van der Waals surface area contributed by atoms with Crippen LogP contribution in [0.25, 0.3) is 11.1 Å². The van der Waals surface area contributed by atoms with Gasteiger partial charge in [0.15, 0.2) is 9.84 Å². The van der Waals surface area contributed by atoms with Crippen molar-refractivity contribution >= 4 is 33.2 Å². The molecule has 34 heavy (non-hydrogen) atoms. The molecule has 2 amide bonds. The van der Waals surface area contributed by atoms with Crippen LogP contribution in [0, 0.1) is 5.92 Å². The van der Waals surface area contributed by atoms with Crippen molar-refractivity contribution in [1.29, 1.82) is 0 Å². The molecule has 2 aromatic carbocycles. The van der Waals surface area contributed by atoms with E-state index in [1.165, 1.54) is 12.1 Å². The summed E-state index contributed by atoms with van der Waals surface area (Å²) in [6.07, 6.45) is 1.03. The lowest BCUT2D eigenvalue weighted by Crippen LogP contribution is -2.52. The van der Waals surface area contributed by atoms with Gasteiger partial charge in [0.25, 0.3) is 0 Å². The molecule has 9 heteroatoms. The fourth-order valence-electron chi connectivity index (χ4n) is 4.20. The summed E-state index contributed by atoms with van der Waals surface area (Å²) < 4.78 is 29.9. The second-order valence-electron chi connectivity index (χ2n) is 9.15. The molecule has 1 aliphatic heterocycles. The monoisotopic (exact) mass is 486 g/mol. The zero-order chi connectivity index (χ0) is 24.6. The zero-order valence-electron chi connectivity index (χ0n) is 19.6. The first kappa shape index (κ1) is 24.2. The van der Waals surface area contributed by atoms with E-state index in [1.807, 2.05) is 25.1 Å². The van der Waals surface area contributed by atoms with Gasteiger partial charge in [-0.1, -0.05) is 18.2 Å². The van der Waals surface area contributed by atoms with Gasteiger partial charge in [-0.05, 0) is 69.0 Å². The average molecular weight is 487 g/mol. The predicted molar refractivity (Wildman–Crippen MR) is 130 cm³/mol. The standard InChI is InChI=1S/C25H30N2O6S/c1-16(2)33-25(30)26-15-17(3)27(24(29)19-4-5-19)22-11-8-20(14-23(22)26)18-6-9-21(10-7-18)34(31,32)13-12-28/h6-11,14,16-17,19,28H,4-5,12-13,15H2,1-3H3/t17-/m0/s1. The molecule has 1 N–H and O–H groups in total. The molecule has 0 saturated heterocycles. The molecule has 0 unspecified atom stereocenters. The normalized spacial score (nSPS) is 18.1. The highest BCUT2D eigenvalue weighted by molar-refractivity contribution is 7.91. The number of rotatable bonds is 6. The molecular formula is C25H30N2O6S. The maximum atomic E-state index is 13.0. The van der Waals surface area contributed by atoms with Crippen molar-refractivity contribution in [1.82, 2.24) is 0 Å². The molecule has 2 aromatic rings. The van der Waals surface area contributed by atoms with Gasteiger partial charge in [-0.3, -0.25) is 9.69 Å². The van der Waals surface area contributed by atoms with Gasteiger partial charge >= 0.3 is 6.09 Å². The van der Waals surface area contributed by atoms with Gasteiger partial charge < -0.3 is 14.7 Å². The number of nitrogens with zero attached hydrogens (tertiary/aromatic N) is 2. The summed E-state index contributed by atoms with van der Waals surface area (Å²) in [6.45, 7) is 5.39. The van der Waals surface area contributed by atoms with Crippen LogP contribution in [-0.4, -0.2) is 56.6 Å². The third-order valence-electron chi connectivity index (χ3n) is 6.04. The van der Waals surface area contributed by atoms with Gasteiger partial charge in [0, 0.05) is 12.5 Å². The number of amides is 2. The fraction of sp³-hybridized carbons (Fsp3) is 0.440. The molecule has 1 saturated carbocycles. The number of benzene rings is 2. The van der Waals surface area contributed by atoms with E-state index in [-0.39, 0.29) is 34.6 Å². The van der Waals surface area contributed by atoms with Crippen molar-refractivity contribution in [2.24, 2.45) is 5.92 Å². The number of carbonyl (C=O) groups is 2. The highest BCUT2D eigenvalue weighted by Gasteiger charge is 2.41. The Kier molecular flexibility index (Phi) is 6.69. The van der Waals surface area contributed by atoms with Crippen molar-refractivity contribution < 1.29 is 27.9 Å². The van der Waals surface area contributed by atoms with Gasteiger partial charge in [-0.25, -0.2) is 13.2 Å². The van der Waals surface area contributed by atoms with E-state index in [1.54, 1.807) is 35.8 Å². The van der Waals surface area contributed by atoms with Gasteiger partial charge in [0.05, 0.1) is 40.8 Å². The largest absolute Gasteiger partial charge is 0.446 e. The van der Waals surface area contributed by atoms with Crippen LogP contribution in [0.4, 0.5) is 16.2 Å². The highest BCUT2D eigenvalue weighted by atomic mass is 32.2. The van der Waals surface area contributed by atoms with Crippen molar-refractivity contribution in [2.45, 2.75) is 50.7 Å². The lowest BCUT2D eigenvalue weighted by atomic mass is 10.0. The molecule has 1 atom stereocenters. The minimum Gasteiger partial charge on any atom is -0.446 e. The smallest absolute Gasteiger partial charge is 0.414 e. The zero-order valence-corrected chi connectivity index (χ0v) is 20.4. The Morgan fingerprint density at radius 1 is 1.06 bits per heavy atom. The Labute approximate surface area is 200 Å². The molecule has 182 valence electrons. The summed E-state index contributed by atoms with van der Waals surface area (Å²) in [5.41, 5.74) is 2.80. The Morgan fingerprint density at radius 3 is 2.29 bits per heavy atom. The maximum absolute atomic E-state index is 13.0. The van der Waals surface area contributed by atoms with Gasteiger partial charge in [-0.15, -0.1) is 0 Å². The average Bonchev–Trinajstić information content (AvgIpc) is 3.63. The van der Waals surface area contributed by atoms with Crippen LogP contribution in [0.2, 0.25) is 0 Å². The Hall–Kier alpha value is -2.91. The first-order valence-corrected chi connectivity index (χ1v) is 13.2. The highest BCUT2D eigenvalue weighted by Crippen LogP contribution is 2.42. The lowest BCUT2D eigenvalue weighted by molar-refractivity contribution is -0.120. The van der Waals surface area contributed by atoms with Crippen LogP contribution in [0.5, 0.6) is 0 Å². The maximum Gasteiger partial charge on any atom is 0.414 e.